The van der Waals surface area contributed by atoms with Gasteiger partial charge in [-0.15, -0.1) is 0 Å². The molecule has 84 valence electrons. The molecular weight excluding hydrogens is 188 g/mol. The Bertz CT molecular complexity index is 375. The molecule has 3 heteroatoms. The Kier molecular flexibility index (Phi) is 2.19. The van der Waals surface area contributed by atoms with Crippen molar-refractivity contribution in [3.63, 3.8) is 0 Å². The molecule has 0 amide bonds. The van der Waals surface area contributed by atoms with Gasteiger partial charge in [-0.3, -0.25) is 4.68 Å². The first-order valence-electron chi connectivity index (χ1n) is 5.56. The minimum atomic E-state index is -0.604. The van der Waals surface area contributed by atoms with Gasteiger partial charge in [0.25, 0.3) is 0 Å². The number of hydrogen-bond acceptors (Lipinski definition) is 2. The molecule has 2 rings (SSSR count). The zero-order valence-corrected chi connectivity index (χ0v) is 10.0. The summed E-state index contributed by atoms with van der Waals surface area (Å²) in [6, 6.07) is 2.06. The number of hydrogen-bond donors (Lipinski definition) is 1. The zero-order valence-electron chi connectivity index (χ0n) is 10.0. The van der Waals surface area contributed by atoms with Crippen LogP contribution in [0, 0.1) is 12.3 Å². The summed E-state index contributed by atoms with van der Waals surface area (Å²) < 4.78 is 1.87. The molecule has 15 heavy (non-hydrogen) atoms. The molecule has 0 radical (unpaired) electrons. The molecule has 1 aromatic rings. The Morgan fingerprint density at radius 2 is 2.20 bits per heavy atom. The summed E-state index contributed by atoms with van der Waals surface area (Å²) in [7, 11) is 1.94. The van der Waals surface area contributed by atoms with E-state index in [9.17, 15) is 5.11 Å². The van der Waals surface area contributed by atoms with Gasteiger partial charge in [0.1, 0.15) is 0 Å². The van der Waals surface area contributed by atoms with E-state index in [0.29, 0.717) is 6.42 Å². The van der Waals surface area contributed by atoms with Gasteiger partial charge >= 0.3 is 0 Å². The van der Waals surface area contributed by atoms with Gasteiger partial charge < -0.3 is 5.11 Å². The van der Waals surface area contributed by atoms with Gasteiger partial charge in [0, 0.05) is 19.2 Å². The first-order valence-corrected chi connectivity index (χ1v) is 5.56. The maximum atomic E-state index is 10.5. The molecule has 3 nitrogen and oxygen atoms in total. The van der Waals surface area contributed by atoms with Crippen LogP contribution in [0.3, 0.4) is 0 Å². The minimum Gasteiger partial charge on any atom is -0.389 e. The highest BCUT2D eigenvalue weighted by Gasteiger charge is 2.52. The van der Waals surface area contributed by atoms with Crippen LogP contribution in [-0.4, -0.2) is 20.5 Å². The van der Waals surface area contributed by atoms with Crippen molar-refractivity contribution in [3.8, 4) is 0 Å². The average Bonchev–Trinajstić information content (AvgIpc) is 2.76. The topological polar surface area (TPSA) is 38.0 Å². The second-order valence-corrected chi connectivity index (χ2v) is 5.41. The summed E-state index contributed by atoms with van der Waals surface area (Å²) in [6.07, 6.45) is 2.97. The molecule has 0 bridgehead atoms. The molecule has 1 aromatic heterocycles. The quantitative estimate of drug-likeness (QED) is 0.823. The maximum Gasteiger partial charge on any atom is 0.0728 e. The Morgan fingerprint density at radius 1 is 1.60 bits per heavy atom. The summed E-state index contributed by atoms with van der Waals surface area (Å²) in [4.78, 5) is 0. The van der Waals surface area contributed by atoms with Crippen molar-refractivity contribution >= 4 is 0 Å². The minimum absolute atomic E-state index is 0.116. The molecule has 1 heterocycles. The normalized spacial score (nSPS) is 22.5. The SMILES string of the molecule is Cc1cc(CC(C)(O)C2(C)CC2)n(C)n1. The van der Waals surface area contributed by atoms with Crippen molar-refractivity contribution in [2.45, 2.75) is 45.6 Å². The molecule has 1 atom stereocenters. The second-order valence-electron chi connectivity index (χ2n) is 5.41. The van der Waals surface area contributed by atoms with E-state index in [1.807, 2.05) is 25.6 Å². The summed E-state index contributed by atoms with van der Waals surface area (Å²) in [6.45, 7) is 6.09. The molecule has 0 saturated heterocycles. The van der Waals surface area contributed by atoms with Crippen LogP contribution >= 0.6 is 0 Å². The van der Waals surface area contributed by atoms with E-state index in [4.69, 9.17) is 0 Å². The van der Waals surface area contributed by atoms with Gasteiger partial charge in [-0.1, -0.05) is 6.92 Å². The first kappa shape index (κ1) is 10.7. The highest BCUT2D eigenvalue weighted by atomic mass is 16.3. The van der Waals surface area contributed by atoms with Crippen molar-refractivity contribution in [2.24, 2.45) is 12.5 Å². The standard InChI is InChI=1S/C12H20N2O/c1-9-7-10(14(4)13-9)8-12(3,15)11(2)5-6-11/h7,15H,5-6,8H2,1-4H3. The lowest BCUT2D eigenvalue weighted by Crippen LogP contribution is -2.37. The molecule has 1 unspecified atom stereocenters. The predicted octanol–water partition coefficient (Wildman–Crippen LogP) is 1.82. The van der Waals surface area contributed by atoms with E-state index in [-0.39, 0.29) is 5.41 Å². The van der Waals surface area contributed by atoms with Crippen LogP contribution in [0.1, 0.15) is 38.1 Å². The van der Waals surface area contributed by atoms with E-state index >= 15 is 0 Å². The lowest BCUT2D eigenvalue weighted by molar-refractivity contribution is -0.00854. The number of nitrogens with zero attached hydrogens (tertiary/aromatic N) is 2. The van der Waals surface area contributed by atoms with E-state index in [2.05, 4.69) is 18.1 Å². The van der Waals surface area contributed by atoms with E-state index in [1.165, 1.54) is 0 Å². The number of aliphatic hydroxyl groups is 1. The van der Waals surface area contributed by atoms with Gasteiger partial charge in [-0.25, -0.2) is 0 Å². The van der Waals surface area contributed by atoms with Crippen LogP contribution in [0.5, 0.6) is 0 Å². The van der Waals surface area contributed by atoms with E-state index < -0.39 is 5.60 Å². The molecule has 1 aliphatic rings. The summed E-state index contributed by atoms with van der Waals surface area (Å²) in [5.74, 6) is 0. The Labute approximate surface area is 91.1 Å². The van der Waals surface area contributed by atoms with Crippen LogP contribution in [-0.2, 0) is 13.5 Å². The zero-order chi connectivity index (χ0) is 11.3. The Balaban J connectivity index is 2.18. The highest BCUT2D eigenvalue weighted by Crippen LogP contribution is 2.54. The van der Waals surface area contributed by atoms with Crippen molar-refractivity contribution in [1.29, 1.82) is 0 Å². The van der Waals surface area contributed by atoms with Crippen LogP contribution in [0.2, 0.25) is 0 Å². The fourth-order valence-corrected chi connectivity index (χ4v) is 2.12. The van der Waals surface area contributed by atoms with Gasteiger partial charge in [0.05, 0.1) is 11.3 Å². The number of aryl methyl sites for hydroxylation is 2. The molecule has 1 saturated carbocycles. The van der Waals surface area contributed by atoms with Crippen LogP contribution in [0.4, 0.5) is 0 Å². The predicted molar refractivity (Wildman–Crippen MR) is 59.6 cm³/mol. The second kappa shape index (κ2) is 3.08. The summed E-state index contributed by atoms with van der Waals surface area (Å²) in [5.41, 5.74) is 1.65. The van der Waals surface area contributed by atoms with Gasteiger partial charge in [0.15, 0.2) is 0 Å². The van der Waals surface area contributed by atoms with Crippen molar-refractivity contribution in [2.75, 3.05) is 0 Å². The highest BCUT2D eigenvalue weighted by molar-refractivity contribution is 5.15. The van der Waals surface area contributed by atoms with Gasteiger partial charge in [0.2, 0.25) is 0 Å². The Hall–Kier alpha value is -0.830. The van der Waals surface area contributed by atoms with Gasteiger partial charge in [-0.05, 0) is 38.2 Å². The van der Waals surface area contributed by atoms with Crippen LogP contribution in [0.25, 0.3) is 0 Å². The Morgan fingerprint density at radius 3 is 2.60 bits per heavy atom. The number of rotatable bonds is 3. The third-order valence-electron chi connectivity index (χ3n) is 3.92. The fraction of sp³-hybridized carbons (Fsp3) is 0.750. The number of aromatic nitrogens is 2. The third kappa shape index (κ3) is 1.81. The molecule has 0 aromatic carbocycles. The molecule has 1 N–H and O–H groups in total. The summed E-state index contributed by atoms with van der Waals surface area (Å²) >= 11 is 0. The molecule has 0 spiro atoms. The molecule has 1 fully saturated rings. The lowest BCUT2D eigenvalue weighted by atomic mass is 9.83. The maximum absolute atomic E-state index is 10.5. The van der Waals surface area contributed by atoms with E-state index in [0.717, 1.165) is 24.2 Å². The van der Waals surface area contributed by atoms with E-state index in [1.54, 1.807) is 0 Å². The smallest absolute Gasteiger partial charge is 0.0728 e. The van der Waals surface area contributed by atoms with Crippen LogP contribution < -0.4 is 0 Å². The third-order valence-corrected chi connectivity index (χ3v) is 3.92. The van der Waals surface area contributed by atoms with Crippen molar-refractivity contribution in [3.05, 3.63) is 17.5 Å². The van der Waals surface area contributed by atoms with Crippen molar-refractivity contribution in [1.82, 2.24) is 9.78 Å². The summed E-state index contributed by atoms with van der Waals surface area (Å²) in [5, 5.41) is 14.8. The van der Waals surface area contributed by atoms with Gasteiger partial charge in [-0.2, -0.15) is 5.10 Å². The molecule has 1 aliphatic carbocycles. The van der Waals surface area contributed by atoms with Crippen molar-refractivity contribution < 1.29 is 5.11 Å². The van der Waals surface area contributed by atoms with Crippen LogP contribution in [0.15, 0.2) is 6.07 Å². The first-order chi connectivity index (χ1) is 6.84. The fourth-order valence-electron chi connectivity index (χ4n) is 2.12. The monoisotopic (exact) mass is 208 g/mol. The largest absolute Gasteiger partial charge is 0.389 e. The molecular formula is C12H20N2O. The lowest BCUT2D eigenvalue weighted by Gasteiger charge is -2.30. The average molecular weight is 208 g/mol. The molecule has 0 aliphatic heterocycles.